The van der Waals surface area contributed by atoms with Crippen molar-refractivity contribution >= 4 is 73.5 Å². The molecule has 0 radical (unpaired) electrons. The lowest BCUT2D eigenvalue weighted by Gasteiger charge is -2.51. The molecule has 0 aromatic heterocycles. The fourth-order valence-corrected chi connectivity index (χ4v) is 9.06. The Morgan fingerprint density at radius 1 is 0.833 bits per heavy atom. The number of nitrogens with zero attached hydrogens (tertiary/aromatic N) is 2. The largest absolute Gasteiger partial charge is 0.507 e. The molecule has 3 aromatic rings. The number of fused-ring (bicyclic) bond motifs is 5. The molecule has 4 aliphatic rings. The van der Waals surface area contributed by atoms with Crippen molar-refractivity contribution < 1.29 is 24.3 Å². The standard InChI is InChI=1S/C32H25BrCl2N2O5/c33-16-37-29(41)31(34)14-23-21(10-11-22-25(23)28(40)36(27(22)39)15-17-6-2-1-3-7-17)26(32(31,35)30(37)42)20-12-13-24(38)19-9-5-4-8-18(19)20/h1-10,12-13,22-23,25-26,38H,11,14-16H2/t22-,23+,25-,26-,31+,32-/m0/s1. The van der Waals surface area contributed by atoms with Crippen molar-refractivity contribution in [1.29, 1.82) is 0 Å². The molecule has 0 bridgehead atoms. The third-order valence-corrected chi connectivity index (χ3v) is 11.5. The number of allylic oxidation sites excluding steroid dienone is 2. The number of imide groups is 2. The number of aromatic hydroxyl groups is 1. The Kier molecular flexibility index (Phi) is 6.35. The van der Waals surface area contributed by atoms with Gasteiger partial charge < -0.3 is 5.11 Å². The topological polar surface area (TPSA) is 95.0 Å². The molecule has 6 atom stereocenters. The molecule has 2 aliphatic heterocycles. The van der Waals surface area contributed by atoms with E-state index < -0.39 is 45.2 Å². The molecule has 2 saturated heterocycles. The normalized spacial score (nSPS) is 32.2. The van der Waals surface area contributed by atoms with E-state index in [1.54, 1.807) is 24.3 Å². The van der Waals surface area contributed by atoms with Gasteiger partial charge in [0, 0.05) is 11.3 Å². The summed E-state index contributed by atoms with van der Waals surface area (Å²) < 4.78 is 0. The maximum Gasteiger partial charge on any atom is 0.254 e. The lowest BCUT2D eigenvalue weighted by molar-refractivity contribution is -0.141. The number of hydrogen-bond donors (Lipinski definition) is 1. The van der Waals surface area contributed by atoms with Crippen molar-refractivity contribution in [3.05, 3.63) is 89.5 Å². The van der Waals surface area contributed by atoms with Gasteiger partial charge in [0.15, 0.2) is 9.75 Å². The highest BCUT2D eigenvalue weighted by molar-refractivity contribution is 9.09. The van der Waals surface area contributed by atoms with Crippen molar-refractivity contribution in [2.45, 2.75) is 35.1 Å². The maximum atomic E-state index is 14.1. The van der Waals surface area contributed by atoms with Gasteiger partial charge in [-0.1, -0.05) is 88.2 Å². The van der Waals surface area contributed by atoms with Gasteiger partial charge in [0.05, 0.1) is 23.8 Å². The van der Waals surface area contributed by atoms with Crippen molar-refractivity contribution in [1.82, 2.24) is 9.80 Å². The minimum absolute atomic E-state index is 0.0594. The molecular formula is C32H25BrCl2N2O5. The predicted octanol–water partition coefficient (Wildman–Crippen LogP) is 5.46. The smallest absolute Gasteiger partial charge is 0.254 e. The zero-order valence-corrected chi connectivity index (χ0v) is 25.3. The second-order valence-electron chi connectivity index (χ2n) is 11.5. The number of amides is 4. The average molecular weight is 668 g/mol. The van der Waals surface area contributed by atoms with E-state index in [1.807, 2.05) is 48.5 Å². The van der Waals surface area contributed by atoms with Gasteiger partial charge in [0.1, 0.15) is 5.75 Å². The van der Waals surface area contributed by atoms with E-state index in [4.69, 9.17) is 23.2 Å². The van der Waals surface area contributed by atoms with E-state index in [0.29, 0.717) is 22.8 Å². The Labute approximate surface area is 260 Å². The second-order valence-corrected chi connectivity index (χ2v) is 13.2. The number of benzene rings is 3. The van der Waals surface area contributed by atoms with Crippen LogP contribution in [0.25, 0.3) is 10.8 Å². The van der Waals surface area contributed by atoms with Crippen LogP contribution in [0.5, 0.6) is 5.75 Å². The van der Waals surface area contributed by atoms with Gasteiger partial charge in [0.2, 0.25) is 11.8 Å². The summed E-state index contributed by atoms with van der Waals surface area (Å²) >= 11 is 17.9. The monoisotopic (exact) mass is 666 g/mol. The van der Waals surface area contributed by atoms with Crippen molar-refractivity contribution in [3.63, 3.8) is 0 Å². The number of halogens is 3. The maximum absolute atomic E-state index is 14.1. The third kappa shape index (κ3) is 3.52. The van der Waals surface area contributed by atoms with E-state index in [2.05, 4.69) is 15.9 Å². The quantitative estimate of drug-likeness (QED) is 0.173. The molecular weight excluding hydrogens is 643 g/mol. The average Bonchev–Trinajstić information content (AvgIpc) is 3.32. The van der Waals surface area contributed by atoms with E-state index >= 15 is 0 Å². The van der Waals surface area contributed by atoms with Crippen molar-refractivity contribution in [2.24, 2.45) is 17.8 Å². The molecule has 3 aromatic carbocycles. The molecule has 10 heteroatoms. The second kappa shape index (κ2) is 9.66. The zero-order chi connectivity index (χ0) is 29.6. The molecule has 0 spiro atoms. The Hall–Kier alpha value is -3.20. The molecule has 3 fully saturated rings. The molecule has 2 heterocycles. The number of phenols is 1. The van der Waals surface area contributed by atoms with Gasteiger partial charge >= 0.3 is 0 Å². The van der Waals surface area contributed by atoms with Gasteiger partial charge in [-0.3, -0.25) is 29.0 Å². The minimum Gasteiger partial charge on any atom is -0.507 e. The summed E-state index contributed by atoms with van der Waals surface area (Å²) in [6, 6.07) is 19.8. The number of likely N-dealkylation sites (tertiary alicyclic amines) is 2. The highest BCUT2D eigenvalue weighted by Gasteiger charge is 2.76. The van der Waals surface area contributed by atoms with E-state index in [-0.39, 0.29) is 36.0 Å². The number of hydrogen-bond acceptors (Lipinski definition) is 5. The first-order valence-electron chi connectivity index (χ1n) is 13.7. The van der Waals surface area contributed by atoms with Gasteiger partial charge in [-0.25, -0.2) is 0 Å². The Balaban J connectivity index is 1.41. The molecule has 7 rings (SSSR count). The predicted molar refractivity (Wildman–Crippen MR) is 161 cm³/mol. The molecule has 214 valence electrons. The van der Waals surface area contributed by atoms with Crippen molar-refractivity contribution in [2.75, 3.05) is 5.45 Å². The van der Waals surface area contributed by atoms with Crippen LogP contribution in [0.3, 0.4) is 0 Å². The van der Waals surface area contributed by atoms with Crippen LogP contribution in [0.1, 0.15) is 29.9 Å². The number of phenolic OH excluding ortho intramolecular Hbond substituents is 1. The van der Waals surface area contributed by atoms with Crippen LogP contribution in [-0.2, 0) is 25.7 Å². The summed E-state index contributed by atoms with van der Waals surface area (Å²) in [4.78, 5) is 54.1. The Bertz CT molecular complexity index is 1730. The van der Waals surface area contributed by atoms with Gasteiger partial charge in [-0.15, -0.1) is 23.2 Å². The number of alkyl halides is 3. The Morgan fingerprint density at radius 2 is 1.52 bits per heavy atom. The molecule has 4 amide bonds. The Morgan fingerprint density at radius 3 is 2.24 bits per heavy atom. The first-order valence-corrected chi connectivity index (χ1v) is 15.6. The third-order valence-electron chi connectivity index (χ3n) is 9.54. The summed E-state index contributed by atoms with van der Waals surface area (Å²) in [7, 11) is 0. The van der Waals surface area contributed by atoms with Crippen molar-refractivity contribution in [3.8, 4) is 5.75 Å². The van der Waals surface area contributed by atoms with Crippen LogP contribution in [0.15, 0.2) is 78.4 Å². The molecule has 1 saturated carbocycles. The van der Waals surface area contributed by atoms with E-state index in [0.717, 1.165) is 16.0 Å². The highest BCUT2D eigenvalue weighted by atomic mass is 79.9. The summed E-state index contributed by atoms with van der Waals surface area (Å²) in [5.74, 6) is -4.60. The number of rotatable bonds is 4. The van der Waals surface area contributed by atoms with Crippen LogP contribution >= 0.6 is 39.1 Å². The number of carbonyl (C=O) groups excluding carboxylic acids is 4. The SMILES string of the molecule is O=C1[C@H]2[C@H](CC=C3[C@H]2C[C@@]2(Cl)C(=O)N(CBr)C(=O)[C@@]2(Cl)[C@H]3c2ccc(O)c3ccccc23)C(=O)N1Cc1ccccc1. The fraction of sp³-hybridized carbons (Fsp3) is 0.312. The van der Waals surface area contributed by atoms with Crippen LogP contribution in [-0.4, -0.2) is 53.7 Å². The fourth-order valence-electron chi connectivity index (χ4n) is 7.64. The van der Waals surface area contributed by atoms with Gasteiger partial charge in [-0.2, -0.15) is 0 Å². The lowest BCUT2D eigenvalue weighted by atomic mass is 9.56. The van der Waals surface area contributed by atoms with Crippen LogP contribution in [0, 0.1) is 17.8 Å². The van der Waals surface area contributed by atoms with Gasteiger partial charge in [0.25, 0.3) is 11.8 Å². The summed E-state index contributed by atoms with van der Waals surface area (Å²) in [6.45, 7) is 0.153. The van der Waals surface area contributed by atoms with E-state index in [9.17, 15) is 24.3 Å². The van der Waals surface area contributed by atoms with Gasteiger partial charge in [-0.05, 0) is 41.3 Å². The first kappa shape index (κ1) is 27.6. The molecule has 42 heavy (non-hydrogen) atoms. The summed E-state index contributed by atoms with van der Waals surface area (Å²) in [6.07, 6.45) is 2.15. The molecule has 2 aliphatic carbocycles. The molecule has 1 N–H and O–H groups in total. The van der Waals surface area contributed by atoms with Crippen LogP contribution in [0.2, 0.25) is 0 Å². The van der Waals surface area contributed by atoms with Crippen LogP contribution < -0.4 is 0 Å². The lowest BCUT2D eigenvalue weighted by Crippen LogP contribution is -2.60. The first-order chi connectivity index (χ1) is 20.1. The summed E-state index contributed by atoms with van der Waals surface area (Å²) in [5, 5.41) is 11.9. The van der Waals surface area contributed by atoms with Crippen LogP contribution in [0.4, 0.5) is 0 Å². The highest BCUT2D eigenvalue weighted by Crippen LogP contribution is 2.66. The molecule has 7 nitrogen and oxygen atoms in total. The van der Waals surface area contributed by atoms with E-state index in [1.165, 1.54) is 4.90 Å². The zero-order valence-electron chi connectivity index (χ0n) is 22.2. The molecule has 0 unspecified atom stereocenters. The summed E-state index contributed by atoms with van der Waals surface area (Å²) in [5.41, 5.74) is 2.09. The number of carbonyl (C=O) groups is 4. The minimum atomic E-state index is -1.90.